The minimum atomic E-state index is 0. The van der Waals surface area contributed by atoms with Gasteiger partial charge in [0.15, 0.2) is 5.96 Å². The van der Waals surface area contributed by atoms with Crippen molar-refractivity contribution in [3.05, 3.63) is 30.3 Å². The average Bonchev–Trinajstić information content (AvgIpc) is 3.22. The Labute approximate surface area is 181 Å². The van der Waals surface area contributed by atoms with Crippen LogP contribution in [0.2, 0.25) is 0 Å². The van der Waals surface area contributed by atoms with Gasteiger partial charge in [-0.05, 0) is 44.5 Å². The molecule has 1 atom stereocenters. The highest BCUT2D eigenvalue weighted by molar-refractivity contribution is 14.0. The van der Waals surface area contributed by atoms with Crippen LogP contribution in [0.1, 0.15) is 39.0 Å². The number of aliphatic imine (C=N–C) groups is 1. The van der Waals surface area contributed by atoms with Gasteiger partial charge in [-0.2, -0.15) is 0 Å². The second-order valence-corrected chi connectivity index (χ2v) is 7.35. The van der Waals surface area contributed by atoms with E-state index in [-0.39, 0.29) is 24.0 Å². The molecule has 0 aromatic heterocycles. The Bertz CT molecular complexity index is 555. The van der Waals surface area contributed by atoms with E-state index in [1.165, 1.54) is 32.4 Å². The Morgan fingerprint density at radius 3 is 2.41 bits per heavy atom. The summed E-state index contributed by atoms with van der Waals surface area (Å²) < 4.78 is 6.11. The van der Waals surface area contributed by atoms with Gasteiger partial charge in [-0.25, -0.2) is 0 Å². The van der Waals surface area contributed by atoms with Gasteiger partial charge in [-0.3, -0.25) is 9.89 Å². The number of piperidine rings is 1. The molecule has 2 fully saturated rings. The van der Waals surface area contributed by atoms with E-state index in [1.807, 2.05) is 37.4 Å². The average molecular weight is 486 g/mol. The largest absolute Gasteiger partial charge is 0.490 e. The highest BCUT2D eigenvalue weighted by atomic mass is 127. The third kappa shape index (κ3) is 6.52. The maximum Gasteiger partial charge on any atom is 0.193 e. The lowest BCUT2D eigenvalue weighted by molar-refractivity contribution is 0.129. The molecule has 5 nitrogen and oxygen atoms in total. The summed E-state index contributed by atoms with van der Waals surface area (Å²) in [7, 11) is 1.89. The number of para-hydroxylation sites is 1. The van der Waals surface area contributed by atoms with Crippen molar-refractivity contribution in [1.29, 1.82) is 0 Å². The van der Waals surface area contributed by atoms with E-state index in [0.717, 1.165) is 44.2 Å². The molecule has 0 amide bonds. The fraction of sp³-hybridized carbons (Fsp3) is 0.667. The van der Waals surface area contributed by atoms with E-state index < -0.39 is 0 Å². The topological polar surface area (TPSA) is 40.1 Å². The van der Waals surface area contributed by atoms with Crippen LogP contribution in [0.15, 0.2) is 35.3 Å². The smallest absolute Gasteiger partial charge is 0.193 e. The summed E-state index contributed by atoms with van der Waals surface area (Å²) in [6.45, 7) is 7.78. The molecule has 1 unspecified atom stereocenters. The zero-order valence-electron chi connectivity index (χ0n) is 16.8. The fourth-order valence-electron chi connectivity index (χ4n) is 4.06. The molecular formula is C21H35IN4O. The molecule has 0 aliphatic carbocycles. The van der Waals surface area contributed by atoms with E-state index in [0.29, 0.717) is 12.1 Å². The predicted molar refractivity (Wildman–Crippen MR) is 123 cm³/mol. The summed E-state index contributed by atoms with van der Waals surface area (Å²) >= 11 is 0. The van der Waals surface area contributed by atoms with E-state index in [4.69, 9.17) is 4.74 Å². The van der Waals surface area contributed by atoms with Crippen molar-refractivity contribution in [1.82, 2.24) is 15.1 Å². The third-order valence-corrected chi connectivity index (χ3v) is 5.62. The van der Waals surface area contributed by atoms with Crippen molar-refractivity contribution < 1.29 is 4.74 Å². The number of hydrogen-bond donors (Lipinski definition) is 1. The zero-order chi connectivity index (χ0) is 18.2. The van der Waals surface area contributed by atoms with Crippen molar-refractivity contribution in [3.8, 4) is 5.75 Å². The zero-order valence-corrected chi connectivity index (χ0v) is 19.1. The Morgan fingerprint density at radius 2 is 1.81 bits per heavy atom. The molecular weight excluding hydrogens is 451 g/mol. The van der Waals surface area contributed by atoms with Crippen LogP contribution in [-0.4, -0.2) is 67.7 Å². The molecule has 2 saturated heterocycles. The van der Waals surface area contributed by atoms with Crippen LogP contribution in [0.3, 0.4) is 0 Å². The normalized spacial score (nSPS) is 20.2. The Hall–Kier alpha value is -1.02. The van der Waals surface area contributed by atoms with Gasteiger partial charge in [0.25, 0.3) is 0 Å². The van der Waals surface area contributed by atoms with Crippen molar-refractivity contribution in [2.75, 3.05) is 39.8 Å². The number of likely N-dealkylation sites (tertiary alicyclic amines) is 2. The second kappa shape index (κ2) is 11.7. The Kier molecular flexibility index (Phi) is 9.68. The highest BCUT2D eigenvalue weighted by Crippen LogP contribution is 2.19. The van der Waals surface area contributed by atoms with Crippen molar-refractivity contribution in [2.45, 2.75) is 51.2 Å². The van der Waals surface area contributed by atoms with Crippen LogP contribution in [0.5, 0.6) is 5.75 Å². The van der Waals surface area contributed by atoms with Gasteiger partial charge >= 0.3 is 0 Å². The molecule has 1 N–H and O–H groups in total. The molecule has 1 aromatic carbocycles. The highest BCUT2D eigenvalue weighted by Gasteiger charge is 2.24. The number of guanidine groups is 1. The monoisotopic (exact) mass is 486 g/mol. The summed E-state index contributed by atoms with van der Waals surface area (Å²) in [6, 6.07) is 10.8. The molecule has 2 heterocycles. The molecule has 2 aliphatic rings. The summed E-state index contributed by atoms with van der Waals surface area (Å²) in [4.78, 5) is 9.53. The first-order valence-electron chi connectivity index (χ1n) is 10.2. The molecule has 3 rings (SSSR count). The minimum absolute atomic E-state index is 0. The summed E-state index contributed by atoms with van der Waals surface area (Å²) in [5.74, 6) is 2.02. The van der Waals surface area contributed by atoms with Crippen LogP contribution in [0.4, 0.5) is 0 Å². The van der Waals surface area contributed by atoms with Crippen LogP contribution < -0.4 is 10.1 Å². The first-order chi connectivity index (χ1) is 12.8. The van der Waals surface area contributed by atoms with Gasteiger partial charge in [0.1, 0.15) is 11.9 Å². The molecule has 2 aliphatic heterocycles. The maximum absolute atomic E-state index is 6.11. The lowest BCUT2D eigenvalue weighted by Gasteiger charge is -2.35. The second-order valence-electron chi connectivity index (χ2n) is 7.35. The van der Waals surface area contributed by atoms with E-state index in [9.17, 15) is 0 Å². The van der Waals surface area contributed by atoms with Crippen LogP contribution in [0.25, 0.3) is 0 Å². The molecule has 0 radical (unpaired) electrons. The van der Waals surface area contributed by atoms with E-state index >= 15 is 0 Å². The maximum atomic E-state index is 6.11. The SMILES string of the molecule is CCC(CNC(=NC)N1CCC(Oc2ccccc2)CC1)N1CCCC1.I. The third-order valence-electron chi connectivity index (χ3n) is 5.62. The van der Waals surface area contributed by atoms with Gasteiger partial charge in [-0.1, -0.05) is 25.1 Å². The molecule has 27 heavy (non-hydrogen) atoms. The summed E-state index contributed by atoms with van der Waals surface area (Å²) in [5, 5.41) is 3.63. The molecule has 0 saturated carbocycles. The standard InChI is InChI=1S/C21H34N4O.HI/c1-3-18(24-13-7-8-14-24)17-23-21(22-2)25-15-11-20(12-16-25)26-19-9-5-4-6-10-19;/h4-6,9-10,18,20H,3,7-8,11-17H2,1-2H3,(H,22,23);1H. The fourth-order valence-corrected chi connectivity index (χ4v) is 4.06. The molecule has 0 bridgehead atoms. The first-order valence-corrected chi connectivity index (χ1v) is 10.2. The van der Waals surface area contributed by atoms with Crippen molar-refractivity contribution in [2.24, 2.45) is 4.99 Å². The predicted octanol–water partition coefficient (Wildman–Crippen LogP) is 3.60. The van der Waals surface area contributed by atoms with E-state index in [2.05, 4.69) is 27.0 Å². The number of hydrogen-bond acceptors (Lipinski definition) is 3. The summed E-state index contributed by atoms with van der Waals surface area (Å²) in [6.07, 6.45) is 6.27. The minimum Gasteiger partial charge on any atom is -0.490 e. The van der Waals surface area contributed by atoms with Gasteiger partial charge in [0.2, 0.25) is 0 Å². The molecule has 152 valence electrons. The lowest BCUT2D eigenvalue weighted by Crippen LogP contribution is -2.50. The lowest BCUT2D eigenvalue weighted by atomic mass is 10.1. The van der Waals surface area contributed by atoms with E-state index in [1.54, 1.807) is 0 Å². The van der Waals surface area contributed by atoms with Gasteiger partial charge in [0.05, 0.1) is 0 Å². The molecule has 6 heteroatoms. The van der Waals surface area contributed by atoms with Gasteiger partial charge in [-0.15, -0.1) is 24.0 Å². The summed E-state index contributed by atoms with van der Waals surface area (Å²) in [5.41, 5.74) is 0. The van der Waals surface area contributed by atoms with Gasteiger partial charge < -0.3 is 15.0 Å². The Morgan fingerprint density at radius 1 is 1.15 bits per heavy atom. The molecule has 1 aromatic rings. The first kappa shape index (κ1) is 22.3. The number of halogens is 1. The molecule has 0 spiro atoms. The van der Waals surface area contributed by atoms with Crippen LogP contribution >= 0.6 is 24.0 Å². The number of benzene rings is 1. The quantitative estimate of drug-likeness (QED) is 0.379. The Balaban J connectivity index is 0.00000261. The van der Waals surface area contributed by atoms with Gasteiger partial charge in [0, 0.05) is 45.6 Å². The number of ether oxygens (including phenoxy) is 1. The number of nitrogens with zero attached hydrogens (tertiary/aromatic N) is 3. The van der Waals surface area contributed by atoms with Crippen molar-refractivity contribution in [3.63, 3.8) is 0 Å². The number of rotatable bonds is 6. The number of nitrogens with one attached hydrogen (secondary N) is 1. The van der Waals surface area contributed by atoms with Crippen LogP contribution in [0, 0.1) is 0 Å². The van der Waals surface area contributed by atoms with Crippen molar-refractivity contribution >= 4 is 29.9 Å². The van der Waals surface area contributed by atoms with Crippen LogP contribution in [-0.2, 0) is 0 Å².